The molecule has 0 unspecified atom stereocenters. The van der Waals surface area contributed by atoms with Crippen LogP contribution < -0.4 is 0 Å². The molecule has 2 atom stereocenters. The Morgan fingerprint density at radius 1 is 1.04 bits per heavy atom. The molecule has 0 aliphatic rings. The molecule has 0 radical (unpaired) electrons. The second-order valence-electron chi connectivity index (χ2n) is 5.82. The Hall–Kier alpha value is -2.43. The van der Waals surface area contributed by atoms with Crippen molar-refractivity contribution >= 4 is 5.97 Å². The van der Waals surface area contributed by atoms with Gasteiger partial charge in [0.2, 0.25) is 0 Å². The van der Waals surface area contributed by atoms with E-state index in [1.54, 1.807) is 30.3 Å². The first-order valence-electron chi connectivity index (χ1n) is 8.33. The highest BCUT2D eigenvalue weighted by Crippen LogP contribution is 2.14. The van der Waals surface area contributed by atoms with Gasteiger partial charge in [-0.05, 0) is 24.1 Å². The lowest BCUT2D eigenvalue weighted by Crippen LogP contribution is -2.30. The standard InChI is InChI=1S/C21H24O4/c1-2-9-19(15-25-21(23)18-12-7-4-8-13-18)20(22)16-24-14-17-10-5-3-6-11-17/h2-8,10-13,19-20,22H,1,9,14-16H2/t19-,20-/m0/s1. The first kappa shape index (κ1) is 18.9. The summed E-state index contributed by atoms with van der Waals surface area (Å²) in [6, 6.07) is 18.6. The van der Waals surface area contributed by atoms with E-state index < -0.39 is 12.1 Å². The number of carbonyl (C=O) groups excluding carboxylic acids is 1. The van der Waals surface area contributed by atoms with E-state index in [9.17, 15) is 9.90 Å². The molecule has 25 heavy (non-hydrogen) atoms. The van der Waals surface area contributed by atoms with Crippen molar-refractivity contribution in [2.75, 3.05) is 13.2 Å². The number of hydrogen-bond donors (Lipinski definition) is 1. The summed E-state index contributed by atoms with van der Waals surface area (Å²) in [5, 5.41) is 10.3. The molecule has 2 aromatic rings. The third-order valence-electron chi connectivity index (χ3n) is 3.85. The van der Waals surface area contributed by atoms with Crippen molar-refractivity contribution in [2.24, 2.45) is 5.92 Å². The Balaban J connectivity index is 1.80. The molecule has 0 fully saturated rings. The van der Waals surface area contributed by atoms with Gasteiger partial charge in [0.15, 0.2) is 0 Å². The molecule has 4 nitrogen and oxygen atoms in total. The average Bonchev–Trinajstić information content (AvgIpc) is 2.66. The third kappa shape index (κ3) is 6.53. The van der Waals surface area contributed by atoms with Crippen molar-refractivity contribution in [3.63, 3.8) is 0 Å². The molecule has 0 aliphatic carbocycles. The first-order valence-corrected chi connectivity index (χ1v) is 8.33. The van der Waals surface area contributed by atoms with E-state index in [1.807, 2.05) is 36.4 Å². The van der Waals surface area contributed by atoms with Crippen molar-refractivity contribution < 1.29 is 19.4 Å². The van der Waals surface area contributed by atoms with Gasteiger partial charge < -0.3 is 14.6 Å². The number of aliphatic hydroxyl groups is 1. The normalized spacial score (nSPS) is 13.0. The predicted molar refractivity (Wildman–Crippen MR) is 97.1 cm³/mol. The zero-order valence-corrected chi connectivity index (χ0v) is 14.2. The summed E-state index contributed by atoms with van der Waals surface area (Å²) < 4.78 is 10.9. The van der Waals surface area contributed by atoms with Crippen molar-refractivity contribution in [2.45, 2.75) is 19.1 Å². The van der Waals surface area contributed by atoms with Crippen LogP contribution in [0.3, 0.4) is 0 Å². The largest absolute Gasteiger partial charge is 0.462 e. The number of allylic oxidation sites excluding steroid dienone is 1. The van der Waals surface area contributed by atoms with Crippen molar-refractivity contribution in [3.8, 4) is 0 Å². The van der Waals surface area contributed by atoms with Crippen LogP contribution in [0.25, 0.3) is 0 Å². The molecule has 1 N–H and O–H groups in total. The number of carbonyl (C=O) groups is 1. The number of benzene rings is 2. The van der Waals surface area contributed by atoms with Crippen LogP contribution >= 0.6 is 0 Å². The lowest BCUT2D eigenvalue weighted by atomic mass is 10.00. The zero-order chi connectivity index (χ0) is 17.9. The molecule has 0 bridgehead atoms. The maximum atomic E-state index is 12.0. The molecule has 4 heteroatoms. The minimum atomic E-state index is -0.731. The van der Waals surface area contributed by atoms with Gasteiger partial charge >= 0.3 is 5.97 Å². The van der Waals surface area contributed by atoms with Crippen LogP contribution in [0.2, 0.25) is 0 Å². The summed E-state index contributed by atoms with van der Waals surface area (Å²) >= 11 is 0. The van der Waals surface area contributed by atoms with Gasteiger partial charge in [0.05, 0.1) is 31.5 Å². The molecule has 0 saturated heterocycles. The molecule has 0 spiro atoms. The van der Waals surface area contributed by atoms with Crippen LogP contribution in [0.1, 0.15) is 22.3 Å². The van der Waals surface area contributed by atoms with Crippen molar-refractivity contribution in [3.05, 3.63) is 84.4 Å². The van der Waals surface area contributed by atoms with Gasteiger partial charge in [0, 0.05) is 5.92 Å². The minimum Gasteiger partial charge on any atom is -0.462 e. The molecule has 0 saturated carbocycles. The molecular weight excluding hydrogens is 316 g/mol. The number of aliphatic hydroxyl groups excluding tert-OH is 1. The van der Waals surface area contributed by atoms with E-state index in [4.69, 9.17) is 9.47 Å². The van der Waals surface area contributed by atoms with E-state index in [2.05, 4.69) is 6.58 Å². The highest BCUT2D eigenvalue weighted by Gasteiger charge is 2.20. The van der Waals surface area contributed by atoms with E-state index in [0.29, 0.717) is 18.6 Å². The molecule has 0 amide bonds. The van der Waals surface area contributed by atoms with Crippen LogP contribution in [-0.4, -0.2) is 30.4 Å². The summed E-state index contributed by atoms with van der Waals surface area (Å²) in [6.07, 6.45) is 1.52. The van der Waals surface area contributed by atoms with Gasteiger partial charge in [-0.25, -0.2) is 4.79 Å². The van der Waals surface area contributed by atoms with Gasteiger partial charge in [-0.1, -0.05) is 54.6 Å². The van der Waals surface area contributed by atoms with E-state index in [-0.39, 0.29) is 19.1 Å². The smallest absolute Gasteiger partial charge is 0.338 e. The number of hydrogen-bond acceptors (Lipinski definition) is 4. The number of rotatable bonds is 10. The SMILES string of the molecule is C=CC[C@@H](COC(=O)c1ccccc1)[C@@H](O)COCc1ccccc1. The third-order valence-corrected chi connectivity index (χ3v) is 3.85. The van der Waals surface area contributed by atoms with Crippen LogP contribution in [0.15, 0.2) is 73.3 Å². The lowest BCUT2D eigenvalue weighted by Gasteiger charge is -2.21. The Labute approximate surface area is 148 Å². The van der Waals surface area contributed by atoms with Gasteiger partial charge in [-0.3, -0.25) is 0 Å². The summed E-state index contributed by atoms with van der Waals surface area (Å²) in [4.78, 5) is 12.0. The number of ether oxygens (including phenoxy) is 2. The number of esters is 1. The van der Waals surface area contributed by atoms with Crippen molar-refractivity contribution in [1.82, 2.24) is 0 Å². The van der Waals surface area contributed by atoms with Crippen molar-refractivity contribution in [1.29, 1.82) is 0 Å². The first-order chi connectivity index (χ1) is 12.2. The van der Waals surface area contributed by atoms with E-state index in [0.717, 1.165) is 5.56 Å². The topological polar surface area (TPSA) is 55.8 Å². The van der Waals surface area contributed by atoms with Crippen LogP contribution in [0.5, 0.6) is 0 Å². The molecule has 0 aliphatic heterocycles. The highest BCUT2D eigenvalue weighted by molar-refractivity contribution is 5.89. The molecular formula is C21H24O4. The van der Waals surface area contributed by atoms with Gasteiger partial charge in [-0.2, -0.15) is 0 Å². The van der Waals surface area contributed by atoms with E-state index >= 15 is 0 Å². The van der Waals surface area contributed by atoms with Crippen LogP contribution in [0, 0.1) is 5.92 Å². The van der Waals surface area contributed by atoms with Gasteiger partial charge in [-0.15, -0.1) is 6.58 Å². The lowest BCUT2D eigenvalue weighted by molar-refractivity contribution is -0.0224. The average molecular weight is 340 g/mol. The predicted octanol–water partition coefficient (Wildman–Crippen LogP) is 3.61. The zero-order valence-electron chi connectivity index (χ0n) is 14.2. The maximum Gasteiger partial charge on any atom is 0.338 e. The molecule has 2 rings (SSSR count). The quantitative estimate of drug-likeness (QED) is 0.530. The summed E-state index contributed by atoms with van der Waals surface area (Å²) in [6.45, 7) is 4.43. The Morgan fingerprint density at radius 3 is 2.32 bits per heavy atom. The summed E-state index contributed by atoms with van der Waals surface area (Å²) in [5.74, 6) is -0.645. The van der Waals surface area contributed by atoms with Crippen LogP contribution in [-0.2, 0) is 16.1 Å². The maximum absolute atomic E-state index is 12.0. The fourth-order valence-electron chi connectivity index (χ4n) is 2.40. The Kier molecular flexibility index (Phi) is 7.89. The monoisotopic (exact) mass is 340 g/mol. The highest BCUT2D eigenvalue weighted by atomic mass is 16.5. The molecule has 2 aromatic carbocycles. The second kappa shape index (κ2) is 10.4. The minimum absolute atomic E-state index is 0.121. The summed E-state index contributed by atoms with van der Waals surface area (Å²) in [5.41, 5.74) is 1.54. The fourth-order valence-corrected chi connectivity index (χ4v) is 2.40. The Bertz CT molecular complexity index is 639. The fraction of sp³-hybridized carbons (Fsp3) is 0.286. The molecule has 0 heterocycles. The van der Waals surface area contributed by atoms with Gasteiger partial charge in [0.25, 0.3) is 0 Å². The summed E-state index contributed by atoms with van der Waals surface area (Å²) in [7, 11) is 0. The van der Waals surface area contributed by atoms with E-state index in [1.165, 1.54) is 0 Å². The second-order valence-corrected chi connectivity index (χ2v) is 5.82. The molecule has 132 valence electrons. The van der Waals surface area contributed by atoms with Crippen LogP contribution in [0.4, 0.5) is 0 Å². The van der Waals surface area contributed by atoms with Gasteiger partial charge in [0.1, 0.15) is 0 Å². The Morgan fingerprint density at radius 2 is 1.68 bits per heavy atom. The molecule has 0 aromatic heterocycles.